The molecule has 1 aliphatic heterocycles. The summed E-state index contributed by atoms with van der Waals surface area (Å²) in [5, 5.41) is 8.96. The SMILES string of the molecule is CC1(C)O[C@H]2[C@H](O1)[C@H](C(=O)O)C[C@@H]2N. The Bertz CT molecular complexity index is 266. The van der Waals surface area contributed by atoms with Gasteiger partial charge in [-0.2, -0.15) is 0 Å². The molecule has 14 heavy (non-hydrogen) atoms. The summed E-state index contributed by atoms with van der Waals surface area (Å²) in [6, 6.07) is -0.233. The van der Waals surface area contributed by atoms with Crippen LogP contribution in [0.15, 0.2) is 0 Å². The highest BCUT2D eigenvalue weighted by Gasteiger charge is 2.55. The first-order valence-corrected chi connectivity index (χ1v) is 4.75. The van der Waals surface area contributed by atoms with Crippen molar-refractivity contribution < 1.29 is 19.4 Å². The molecule has 4 atom stereocenters. The maximum absolute atomic E-state index is 10.9. The number of carboxylic acids is 1. The molecule has 3 N–H and O–H groups in total. The Labute approximate surface area is 82.2 Å². The van der Waals surface area contributed by atoms with Crippen LogP contribution in [0.25, 0.3) is 0 Å². The van der Waals surface area contributed by atoms with Crippen molar-refractivity contribution in [3.05, 3.63) is 0 Å². The molecule has 1 heterocycles. The summed E-state index contributed by atoms with van der Waals surface area (Å²) in [6.07, 6.45) is -0.232. The number of rotatable bonds is 1. The highest BCUT2D eigenvalue weighted by molar-refractivity contribution is 5.71. The van der Waals surface area contributed by atoms with Crippen molar-refractivity contribution in [2.24, 2.45) is 11.7 Å². The molecule has 0 amide bonds. The molecule has 5 heteroatoms. The summed E-state index contributed by atoms with van der Waals surface area (Å²) in [7, 11) is 0. The Balaban J connectivity index is 2.19. The van der Waals surface area contributed by atoms with Crippen LogP contribution in [0.3, 0.4) is 0 Å². The molecule has 1 saturated heterocycles. The lowest BCUT2D eigenvalue weighted by atomic mass is 10.1. The lowest BCUT2D eigenvalue weighted by Crippen LogP contribution is -2.35. The zero-order valence-electron chi connectivity index (χ0n) is 8.27. The van der Waals surface area contributed by atoms with Gasteiger partial charge in [-0.15, -0.1) is 0 Å². The molecule has 1 saturated carbocycles. The molecular formula is C9H15NO4. The summed E-state index contributed by atoms with van der Waals surface area (Å²) >= 11 is 0. The first kappa shape index (κ1) is 9.89. The van der Waals surface area contributed by atoms with Gasteiger partial charge in [-0.25, -0.2) is 0 Å². The number of carbonyl (C=O) groups is 1. The Morgan fingerprint density at radius 2 is 2.00 bits per heavy atom. The van der Waals surface area contributed by atoms with E-state index in [1.807, 2.05) is 0 Å². The molecule has 1 aliphatic carbocycles. The lowest BCUT2D eigenvalue weighted by Gasteiger charge is -2.20. The van der Waals surface area contributed by atoms with Crippen molar-refractivity contribution in [1.29, 1.82) is 0 Å². The van der Waals surface area contributed by atoms with Gasteiger partial charge in [0.25, 0.3) is 0 Å². The standard InChI is InChI=1S/C9H15NO4/c1-9(2)13-6-4(8(11)12)3-5(10)7(6)14-9/h4-7H,3,10H2,1-2H3,(H,11,12)/t4-,5+,6-,7-/m1/s1. The van der Waals surface area contributed by atoms with Crippen LogP contribution in [0.2, 0.25) is 0 Å². The maximum Gasteiger partial charge on any atom is 0.309 e. The second-order valence-electron chi connectivity index (χ2n) is 4.41. The van der Waals surface area contributed by atoms with Gasteiger partial charge in [-0.05, 0) is 20.3 Å². The van der Waals surface area contributed by atoms with E-state index in [-0.39, 0.29) is 12.1 Å². The van der Waals surface area contributed by atoms with Gasteiger partial charge in [0.05, 0.1) is 5.92 Å². The van der Waals surface area contributed by atoms with Crippen molar-refractivity contribution in [3.63, 3.8) is 0 Å². The Hall–Kier alpha value is -0.650. The lowest BCUT2D eigenvalue weighted by molar-refractivity contribution is -0.166. The molecule has 0 bridgehead atoms. The fourth-order valence-electron chi connectivity index (χ4n) is 2.26. The van der Waals surface area contributed by atoms with Gasteiger partial charge in [-0.3, -0.25) is 4.79 Å². The van der Waals surface area contributed by atoms with Gasteiger partial charge in [0.1, 0.15) is 12.2 Å². The zero-order chi connectivity index (χ0) is 10.5. The minimum absolute atomic E-state index is 0.233. The van der Waals surface area contributed by atoms with Gasteiger partial charge >= 0.3 is 5.97 Å². The second kappa shape index (κ2) is 2.92. The molecular weight excluding hydrogens is 186 g/mol. The van der Waals surface area contributed by atoms with Crippen LogP contribution in [-0.4, -0.2) is 35.1 Å². The van der Waals surface area contributed by atoms with Gasteiger partial charge in [0.2, 0.25) is 0 Å². The number of hydrogen-bond donors (Lipinski definition) is 2. The van der Waals surface area contributed by atoms with E-state index in [2.05, 4.69) is 0 Å². The molecule has 0 aromatic heterocycles. The highest BCUT2D eigenvalue weighted by Crippen LogP contribution is 2.40. The fourth-order valence-corrected chi connectivity index (χ4v) is 2.26. The number of hydrogen-bond acceptors (Lipinski definition) is 4. The third-order valence-electron chi connectivity index (χ3n) is 2.83. The van der Waals surface area contributed by atoms with Gasteiger partial charge in [-0.1, -0.05) is 0 Å². The summed E-state index contributed by atoms with van der Waals surface area (Å²) in [4.78, 5) is 10.9. The quantitative estimate of drug-likeness (QED) is 0.621. The van der Waals surface area contributed by atoms with Gasteiger partial charge < -0.3 is 20.3 Å². The monoisotopic (exact) mass is 201 g/mol. The summed E-state index contributed by atoms with van der Waals surface area (Å²) in [6.45, 7) is 3.55. The van der Waals surface area contributed by atoms with Crippen LogP contribution in [0, 0.1) is 5.92 Å². The van der Waals surface area contributed by atoms with Gasteiger partial charge in [0, 0.05) is 6.04 Å². The maximum atomic E-state index is 10.9. The first-order valence-electron chi connectivity index (χ1n) is 4.75. The molecule has 0 aromatic rings. The number of nitrogens with two attached hydrogens (primary N) is 1. The van der Waals surface area contributed by atoms with Crippen molar-refractivity contribution in [2.75, 3.05) is 0 Å². The topological polar surface area (TPSA) is 81.8 Å². The van der Waals surface area contributed by atoms with Crippen molar-refractivity contribution in [3.8, 4) is 0 Å². The summed E-state index contributed by atoms with van der Waals surface area (Å²) < 4.78 is 11.1. The van der Waals surface area contributed by atoms with E-state index in [0.717, 1.165) is 0 Å². The van der Waals surface area contributed by atoms with Crippen molar-refractivity contribution >= 4 is 5.97 Å². The smallest absolute Gasteiger partial charge is 0.309 e. The van der Waals surface area contributed by atoms with E-state index in [0.29, 0.717) is 6.42 Å². The van der Waals surface area contributed by atoms with E-state index in [4.69, 9.17) is 20.3 Å². The van der Waals surface area contributed by atoms with Crippen LogP contribution in [-0.2, 0) is 14.3 Å². The third kappa shape index (κ3) is 1.41. The average molecular weight is 201 g/mol. The molecule has 2 rings (SSSR count). The first-order chi connectivity index (χ1) is 6.41. The predicted octanol–water partition coefficient (Wildman–Crippen LogP) is -0.0617. The fraction of sp³-hybridized carbons (Fsp3) is 0.889. The minimum Gasteiger partial charge on any atom is -0.481 e. The molecule has 80 valence electrons. The van der Waals surface area contributed by atoms with Crippen LogP contribution in [0.5, 0.6) is 0 Å². The Morgan fingerprint density at radius 1 is 1.43 bits per heavy atom. The van der Waals surface area contributed by atoms with E-state index in [9.17, 15) is 4.79 Å². The molecule has 0 aromatic carbocycles. The minimum atomic E-state index is -0.853. The van der Waals surface area contributed by atoms with Crippen LogP contribution in [0.4, 0.5) is 0 Å². The van der Waals surface area contributed by atoms with Crippen LogP contribution < -0.4 is 5.73 Å². The number of carboxylic acid groups (broad SMARTS) is 1. The number of ether oxygens (including phenoxy) is 2. The molecule has 0 unspecified atom stereocenters. The van der Waals surface area contributed by atoms with Crippen molar-refractivity contribution in [2.45, 2.75) is 44.3 Å². The van der Waals surface area contributed by atoms with E-state index in [1.54, 1.807) is 13.8 Å². The Morgan fingerprint density at radius 3 is 2.57 bits per heavy atom. The third-order valence-corrected chi connectivity index (χ3v) is 2.83. The summed E-state index contributed by atoms with van der Waals surface area (Å²) in [5.41, 5.74) is 5.80. The average Bonchev–Trinajstić information content (AvgIpc) is 2.47. The van der Waals surface area contributed by atoms with Crippen LogP contribution in [0.1, 0.15) is 20.3 Å². The normalized spacial score (nSPS) is 45.1. The van der Waals surface area contributed by atoms with E-state index < -0.39 is 23.8 Å². The zero-order valence-corrected chi connectivity index (χ0v) is 8.27. The van der Waals surface area contributed by atoms with Crippen molar-refractivity contribution in [1.82, 2.24) is 0 Å². The molecule has 5 nitrogen and oxygen atoms in total. The van der Waals surface area contributed by atoms with E-state index >= 15 is 0 Å². The molecule has 2 fully saturated rings. The molecule has 2 aliphatic rings. The number of aliphatic carboxylic acids is 1. The summed E-state index contributed by atoms with van der Waals surface area (Å²) in [5.74, 6) is -2.09. The van der Waals surface area contributed by atoms with E-state index in [1.165, 1.54) is 0 Å². The Kier molecular flexibility index (Phi) is 2.06. The predicted molar refractivity (Wildman–Crippen MR) is 47.5 cm³/mol. The molecule has 0 spiro atoms. The molecule has 0 radical (unpaired) electrons. The van der Waals surface area contributed by atoms with Crippen LogP contribution >= 0.6 is 0 Å². The largest absolute Gasteiger partial charge is 0.481 e. The second-order valence-corrected chi connectivity index (χ2v) is 4.41. The number of fused-ring (bicyclic) bond motifs is 1. The highest BCUT2D eigenvalue weighted by atomic mass is 16.8. The van der Waals surface area contributed by atoms with Gasteiger partial charge in [0.15, 0.2) is 5.79 Å².